The van der Waals surface area contributed by atoms with Crippen molar-refractivity contribution in [1.82, 2.24) is 4.98 Å². The molecule has 9 heteroatoms. The van der Waals surface area contributed by atoms with Gasteiger partial charge in [0, 0.05) is 22.2 Å². The third-order valence-corrected chi connectivity index (χ3v) is 6.37. The Morgan fingerprint density at radius 1 is 1.03 bits per heavy atom. The van der Waals surface area contributed by atoms with E-state index < -0.39 is 0 Å². The molecule has 5 rings (SSSR count). The zero-order chi connectivity index (χ0) is 24.4. The van der Waals surface area contributed by atoms with Crippen molar-refractivity contribution >= 4 is 46.1 Å². The Morgan fingerprint density at radius 2 is 1.77 bits per heavy atom. The molecule has 0 radical (unpaired) electrons. The highest BCUT2D eigenvalue weighted by Crippen LogP contribution is 2.30. The van der Waals surface area contributed by atoms with Gasteiger partial charge in [-0.25, -0.2) is 4.98 Å². The highest BCUT2D eigenvalue weighted by molar-refractivity contribution is 7.13. The maximum atomic E-state index is 13.1. The summed E-state index contributed by atoms with van der Waals surface area (Å²) in [6.45, 7) is -0.0608. The second-order valence-corrected chi connectivity index (χ2v) is 8.61. The van der Waals surface area contributed by atoms with Crippen LogP contribution in [0.5, 0.6) is 5.75 Å². The Morgan fingerprint density at radius 3 is 2.51 bits per heavy atom. The SMILES string of the molecule is COc1ccc(-c2nc(C(=O)Nc3ccc(C(=O)N4CC(=O)Nc5ccccc54)cc3)cs2)cc1. The molecular weight excluding hydrogens is 464 g/mol. The topological polar surface area (TPSA) is 101 Å². The van der Waals surface area contributed by atoms with E-state index in [9.17, 15) is 14.4 Å². The quantitative estimate of drug-likeness (QED) is 0.429. The summed E-state index contributed by atoms with van der Waals surface area (Å²) in [6.07, 6.45) is 0. The van der Waals surface area contributed by atoms with Crippen molar-refractivity contribution in [3.63, 3.8) is 0 Å². The highest BCUT2D eigenvalue weighted by Gasteiger charge is 2.27. The lowest BCUT2D eigenvalue weighted by Crippen LogP contribution is -2.42. The van der Waals surface area contributed by atoms with Gasteiger partial charge < -0.3 is 15.4 Å². The first-order valence-corrected chi connectivity index (χ1v) is 11.6. The third kappa shape index (κ3) is 4.62. The fraction of sp³-hybridized carbons (Fsp3) is 0.0769. The zero-order valence-corrected chi connectivity index (χ0v) is 19.5. The minimum atomic E-state index is -0.346. The Balaban J connectivity index is 1.27. The lowest BCUT2D eigenvalue weighted by molar-refractivity contribution is -0.115. The number of carbonyl (C=O) groups is 3. The molecular formula is C26H20N4O4S. The van der Waals surface area contributed by atoms with E-state index in [0.29, 0.717) is 28.3 Å². The number of nitrogens with one attached hydrogen (secondary N) is 2. The number of para-hydroxylation sites is 2. The zero-order valence-electron chi connectivity index (χ0n) is 18.6. The van der Waals surface area contributed by atoms with Gasteiger partial charge in [-0.3, -0.25) is 19.3 Å². The number of thiazole rings is 1. The van der Waals surface area contributed by atoms with E-state index in [4.69, 9.17) is 4.74 Å². The Labute approximate surface area is 205 Å². The molecule has 35 heavy (non-hydrogen) atoms. The highest BCUT2D eigenvalue weighted by atomic mass is 32.1. The summed E-state index contributed by atoms with van der Waals surface area (Å²) in [5.41, 5.74) is 3.37. The minimum Gasteiger partial charge on any atom is -0.497 e. The largest absolute Gasteiger partial charge is 0.497 e. The van der Waals surface area contributed by atoms with Crippen LogP contribution in [0.4, 0.5) is 17.1 Å². The molecule has 1 aromatic heterocycles. The summed E-state index contributed by atoms with van der Waals surface area (Å²) >= 11 is 1.38. The number of nitrogens with zero attached hydrogens (tertiary/aromatic N) is 2. The van der Waals surface area contributed by atoms with Crippen molar-refractivity contribution in [3.8, 4) is 16.3 Å². The average Bonchev–Trinajstić information content (AvgIpc) is 3.39. The number of anilines is 3. The molecule has 1 aliphatic rings. The van der Waals surface area contributed by atoms with Crippen molar-refractivity contribution in [1.29, 1.82) is 0 Å². The van der Waals surface area contributed by atoms with Crippen molar-refractivity contribution in [2.45, 2.75) is 0 Å². The van der Waals surface area contributed by atoms with Gasteiger partial charge in [0.05, 0.1) is 18.5 Å². The maximum absolute atomic E-state index is 13.1. The van der Waals surface area contributed by atoms with E-state index >= 15 is 0 Å². The predicted molar refractivity (Wildman–Crippen MR) is 135 cm³/mol. The molecule has 0 aliphatic carbocycles. The average molecular weight is 485 g/mol. The molecule has 0 saturated heterocycles. The summed E-state index contributed by atoms with van der Waals surface area (Å²) in [6, 6.07) is 21.2. The molecule has 1 aliphatic heterocycles. The lowest BCUT2D eigenvalue weighted by atomic mass is 10.1. The lowest BCUT2D eigenvalue weighted by Gasteiger charge is -2.29. The number of carbonyl (C=O) groups excluding carboxylic acids is 3. The molecule has 3 amide bonds. The number of amides is 3. The van der Waals surface area contributed by atoms with Crippen molar-refractivity contribution in [2.75, 3.05) is 29.2 Å². The standard InChI is InChI=1S/C26H20N4O4S/c1-34-19-12-8-16(9-13-19)25-29-21(15-35-25)24(32)27-18-10-6-17(7-11-18)26(33)30-14-23(31)28-20-4-2-3-5-22(20)30/h2-13,15H,14H2,1H3,(H,27,32)(H,28,31). The molecule has 0 spiro atoms. The Hall–Kier alpha value is -4.50. The van der Waals surface area contributed by atoms with Gasteiger partial charge in [0.1, 0.15) is 23.0 Å². The van der Waals surface area contributed by atoms with E-state index in [0.717, 1.165) is 16.3 Å². The Kier molecular flexibility index (Phi) is 5.99. The van der Waals surface area contributed by atoms with Gasteiger partial charge in [0.25, 0.3) is 11.8 Å². The van der Waals surface area contributed by atoms with E-state index in [1.165, 1.54) is 16.2 Å². The van der Waals surface area contributed by atoms with Gasteiger partial charge in [-0.2, -0.15) is 0 Å². The molecule has 0 atom stereocenters. The molecule has 2 N–H and O–H groups in total. The van der Waals surface area contributed by atoms with Crippen LogP contribution in [0.25, 0.3) is 10.6 Å². The summed E-state index contributed by atoms with van der Waals surface area (Å²) in [5.74, 6) is -0.147. The number of rotatable bonds is 5. The number of hydrogen-bond donors (Lipinski definition) is 2. The number of benzene rings is 3. The predicted octanol–water partition coefficient (Wildman–Crippen LogP) is 4.67. The fourth-order valence-electron chi connectivity index (χ4n) is 3.71. The number of aromatic nitrogens is 1. The molecule has 0 bridgehead atoms. The van der Waals surface area contributed by atoms with Crippen molar-refractivity contribution in [3.05, 3.63) is 89.4 Å². The number of fused-ring (bicyclic) bond motifs is 1. The van der Waals surface area contributed by atoms with Crippen molar-refractivity contribution in [2.24, 2.45) is 0 Å². The molecule has 2 heterocycles. The normalized spacial score (nSPS) is 12.5. The van der Waals surface area contributed by atoms with E-state index in [2.05, 4.69) is 15.6 Å². The molecule has 0 unspecified atom stereocenters. The summed E-state index contributed by atoms with van der Waals surface area (Å²) in [5, 5.41) is 8.00. The van der Waals surface area contributed by atoms with Crippen molar-refractivity contribution < 1.29 is 19.1 Å². The van der Waals surface area contributed by atoms with E-state index in [1.54, 1.807) is 55.0 Å². The molecule has 0 fully saturated rings. The maximum Gasteiger partial charge on any atom is 0.275 e. The Bertz CT molecular complexity index is 1410. The molecule has 3 aromatic carbocycles. The van der Waals surface area contributed by atoms with Gasteiger partial charge in [-0.05, 0) is 60.7 Å². The van der Waals surface area contributed by atoms with Gasteiger partial charge in [0.15, 0.2) is 0 Å². The molecule has 8 nitrogen and oxygen atoms in total. The molecule has 0 saturated carbocycles. The smallest absolute Gasteiger partial charge is 0.275 e. The summed E-state index contributed by atoms with van der Waals surface area (Å²) < 4.78 is 5.17. The monoisotopic (exact) mass is 484 g/mol. The van der Waals surface area contributed by atoms with Crippen LogP contribution in [0, 0.1) is 0 Å². The molecule has 4 aromatic rings. The van der Waals surface area contributed by atoms with Crippen LogP contribution in [0.1, 0.15) is 20.8 Å². The van der Waals surface area contributed by atoms with Gasteiger partial charge in [0.2, 0.25) is 5.91 Å². The number of hydrogen-bond acceptors (Lipinski definition) is 6. The number of methoxy groups -OCH3 is 1. The minimum absolute atomic E-state index is 0.0608. The first-order valence-electron chi connectivity index (χ1n) is 10.7. The van der Waals surface area contributed by atoms with Crippen LogP contribution in [-0.4, -0.2) is 36.4 Å². The first-order chi connectivity index (χ1) is 17.0. The fourth-order valence-corrected chi connectivity index (χ4v) is 4.51. The first kappa shape index (κ1) is 22.3. The van der Waals surface area contributed by atoms with Gasteiger partial charge >= 0.3 is 0 Å². The van der Waals surface area contributed by atoms with Crippen LogP contribution in [0.15, 0.2) is 78.2 Å². The third-order valence-electron chi connectivity index (χ3n) is 5.48. The van der Waals surface area contributed by atoms with Crippen LogP contribution in [-0.2, 0) is 4.79 Å². The van der Waals surface area contributed by atoms with Crippen LogP contribution >= 0.6 is 11.3 Å². The molecule has 174 valence electrons. The van der Waals surface area contributed by atoms with Crippen LogP contribution in [0.2, 0.25) is 0 Å². The van der Waals surface area contributed by atoms with Gasteiger partial charge in [-0.15, -0.1) is 11.3 Å². The second kappa shape index (κ2) is 9.40. The van der Waals surface area contributed by atoms with E-state index in [-0.39, 0.29) is 24.3 Å². The van der Waals surface area contributed by atoms with Crippen LogP contribution < -0.4 is 20.3 Å². The summed E-state index contributed by atoms with van der Waals surface area (Å²) in [7, 11) is 1.61. The van der Waals surface area contributed by atoms with E-state index in [1.807, 2.05) is 30.3 Å². The summed E-state index contributed by atoms with van der Waals surface area (Å²) in [4.78, 5) is 43.7. The number of ether oxygens (including phenoxy) is 1. The van der Waals surface area contributed by atoms with Crippen LogP contribution in [0.3, 0.4) is 0 Å². The van der Waals surface area contributed by atoms with Gasteiger partial charge in [-0.1, -0.05) is 12.1 Å². The second-order valence-electron chi connectivity index (χ2n) is 7.75.